The zero-order valence-electron chi connectivity index (χ0n) is 11.9. The van der Waals surface area contributed by atoms with E-state index in [2.05, 4.69) is 30.0 Å². The molecule has 1 nitrogen and oxygen atoms in total. The van der Waals surface area contributed by atoms with E-state index in [1.165, 1.54) is 61.9 Å². The van der Waals surface area contributed by atoms with Crippen molar-refractivity contribution in [3.05, 3.63) is 29.3 Å². The highest BCUT2D eigenvalue weighted by atomic mass is 35.5. The molecule has 2 atom stereocenters. The van der Waals surface area contributed by atoms with Gasteiger partial charge in [-0.2, -0.15) is 0 Å². The summed E-state index contributed by atoms with van der Waals surface area (Å²) in [5.41, 5.74) is 4.03. The summed E-state index contributed by atoms with van der Waals surface area (Å²) in [6.07, 6.45) is 8.43. The molecule has 3 rings (SSSR count). The Morgan fingerprint density at radius 1 is 1.16 bits per heavy atom. The normalized spacial score (nSPS) is 27.2. The van der Waals surface area contributed by atoms with Crippen molar-refractivity contribution in [2.24, 2.45) is 5.92 Å². The van der Waals surface area contributed by atoms with E-state index in [9.17, 15) is 0 Å². The van der Waals surface area contributed by atoms with Crippen LogP contribution in [-0.2, 0) is 5.88 Å². The van der Waals surface area contributed by atoms with Gasteiger partial charge in [-0.3, -0.25) is 0 Å². The molecule has 1 aromatic carbocycles. The summed E-state index contributed by atoms with van der Waals surface area (Å²) < 4.78 is 0. The van der Waals surface area contributed by atoms with Crippen LogP contribution in [0, 0.1) is 12.8 Å². The van der Waals surface area contributed by atoms with Crippen LogP contribution < -0.4 is 4.90 Å². The Bertz CT molecular complexity index is 441. The van der Waals surface area contributed by atoms with Crippen LogP contribution in [0.2, 0.25) is 0 Å². The third-order valence-electron chi connectivity index (χ3n) is 4.93. The zero-order chi connectivity index (χ0) is 13.2. The fraction of sp³-hybridized carbons (Fsp3) is 0.647. The van der Waals surface area contributed by atoms with E-state index in [-0.39, 0.29) is 0 Å². The van der Waals surface area contributed by atoms with E-state index in [1.54, 1.807) is 0 Å². The molecule has 1 saturated carbocycles. The number of aryl methyl sites for hydroxylation is 1. The largest absolute Gasteiger partial charge is 0.368 e. The molecular weight excluding hydrogens is 254 g/mol. The highest BCUT2D eigenvalue weighted by Gasteiger charge is 2.33. The zero-order valence-corrected chi connectivity index (χ0v) is 12.6. The van der Waals surface area contributed by atoms with Gasteiger partial charge in [0.1, 0.15) is 0 Å². The van der Waals surface area contributed by atoms with Crippen LogP contribution in [0.1, 0.15) is 49.7 Å². The van der Waals surface area contributed by atoms with Crippen LogP contribution in [0.3, 0.4) is 0 Å². The number of fused-ring (bicyclic) bond motifs is 1. The first-order valence-corrected chi connectivity index (χ1v) is 8.25. The summed E-state index contributed by atoms with van der Waals surface area (Å²) in [4.78, 5) is 2.67. The van der Waals surface area contributed by atoms with Crippen LogP contribution in [0.4, 0.5) is 5.69 Å². The molecule has 2 aliphatic rings. The quantitative estimate of drug-likeness (QED) is 0.696. The first kappa shape index (κ1) is 13.3. The summed E-state index contributed by atoms with van der Waals surface area (Å²) in [7, 11) is 0. The lowest BCUT2D eigenvalue weighted by molar-refractivity contribution is 0.243. The molecule has 1 aliphatic heterocycles. The van der Waals surface area contributed by atoms with Crippen LogP contribution in [0.5, 0.6) is 0 Å². The lowest BCUT2D eigenvalue weighted by atomic mass is 9.78. The number of halogens is 1. The van der Waals surface area contributed by atoms with Gasteiger partial charge in [-0.05, 0) is 50.2 Å². The molecule has 1 aromatic rings. The molecule has 0 amide bonds. The molecule has 1 aliphatic carbocycles. The molecule has 104 valence electrons. The Kier molecular flexibility index (Phi) is 4.02. The van der Waals surface area contributed by atoms with Gasteiger partial charge in [-0.1, -0.05) is 30.5 Å². The smallest absolute Gasteiger partial charge is 0.0494 e. The van der Waals surface area contributed by atoms with Crippen molar-refractivity contribution in [2.45, 2.75) is 57.4 Å². The van der Waals surface area contributed by atoms with Gasteiger partial charge in [0.15, 0.2) is 0 Å². The average molecular weight is 278 g/mol. The first-order valence-electron chi connectivity index (χ1n) is 7.71. The van der Waals surface area contributed by atoms with E-state index < -0.39 is 0 Å². The summed E-state index contributed by atoms with van der Waals surface area (Å²) >= 11 is 6.17. The number of piperidine rings is 1. The second-order valence-corrected chi connectivity index (χ2v) is 6.48. The number of nitrogens with zero attached hydrogens (tertiary/aromatic N) is 1. The molecule has 0 radical (unpaired) electrons. The number of rotatable bonds is 2. The van der Waals surface area contributed by atoms with E-state index in [4.69, 9.17) is 11.6 Å². The number of hydrogen-bond acceptors (Lipinski definition) is 1. The van der Waals surface area contributed by atoms with Gasteiger partial charge in [0.25, 0.3) is 0 Å². The van der Waals surface area contributed by atoms with Gasteiger partial charge >= 0.3 is 0 Å². The molecule has 2 fully saturated rings. The van der Waals surface area contributed by atoms with Gasteiger partial charge in [-0.25, -0.2) is 0 Å². The maximum Gasteiger partial charge on any atom is 0.0494 e. The SMILES string of the molecule is Cc1ccc(N2CCC[C@H]3CCCC[C@H]32)c(CCl)c1. The highest BCUT2D eigenvalue weighted by molar-refractivity contribution is 6.17. The standard InChI is InChI=1S/C17H24ClN/c1-13-8-9-17(15(11-13)12-18)19-10-4-6-14-5-2-3-7-16(14)19/h8-9,11,14,16H,2-7,10,12H2,1H3/t14-,16-/m1/s1. The predicted octanol–water partition coefficient (Wildman–Crippen LogP) is 4.89. The monoisotopic (exact) mass is 277 g/mol. The van der Waals surface area contributed by atoms with Crippen LogP contribution >= 0.6 is 11.6 Å². The summed E-state index contributed by atoms with van der Waals surface area (Å²) in [6, 6.07) is 7.56. The van der Waals surface area contributed by atoms with Crippen molar-refractivity contribution in [1.82, 2.24) is 0 Å². The second kappa shape index (κ2) is 5.75. The third kappa shape index (κ3) is 2.63. The maximum atomic E-state index is 6.17. The highest BCUT2D eigenvalue weighted by Crippen LogP contribution is 2.39. The number of alkyl halides is 1. The lowest BCUT2D eigenvalue weighted by Gasteiger charge is -2.46. The molecule has 0 N–H and O–H groups in total. The minimum atomic E-state index is 0.630. The Balaban J connectivity index is 1.91. The van der Waals surface area contributed by atoms with Crippen molar-refractivity contribution >= 4 is 17.3 Å². The molecule has 1 heterocycles. The molecule has 0 aromatic heterocycles. The number of anilines is 1. The topological polar surface area (TPSA) is 3.24 Å². The van der Waals surface area contributed by atoms with Gasteiger partial charge in [-0.15, -0.1) is 11.6 Å². The Morgan fingerprint density at radius 3 is 2.79 bits per heavy atom. The first-order chi connectivity index (χ1) is 9.29. The summed E-state index contributed by atoms with van der Waals surface area (Å²) in [5, 5.41) is 0. The van der Waals surface area contributed by atoms with Crippen LogP contribution in [-0.4, -0.2) is 12.6 Å². The van der Waals surface area contributed by atoms with Crippen molar-refractivity contribution in [2.75, 3.05) is 11.4 Å². The minimum Gasteiger partial charge on any atom is -0.368 e. The van der Waals surface area contributed by atoms with E-state index in [0.717, 1.165) is 12.0 Å². The molecule has 0 spiro atoms. The molecule has 19 heavy (non-hydrogen) atoms. The van der Waals surface area contributed by atoms with E-state index in [0.29, 0.717) is 5.88 Å². The minimum absolute atomic E-state index is 0.630. The van der Waals surface area contributed by atoms with Gasteiger partial charge in [0.2, 0.25) is 0 Å². The molecule has 1 saturated heterocycles. The van der Waals surface area contributed by atoms with Crippen molar-refractivity contribution in [1.29, 1.82) is 0 Å². The molecular formula is C17H24ClN. The van der Waals surface area contributed by atoms with E-state index >= 15 is 0 Å². The maximum absolute atomic E-state index is 6.17. The van der Waals surface area contributed by atoms with E-state index in [1.807, 2.05) is 0 Å². The average Bonchev–Trinajstić information content (AvgIpc) is 2.46. The van der Waals surface area contributed by atoms with Gasteiger partial charge < -0.3 is 4.90 Å². The summed E-state index contributed by atoms with van der Waals surface area (Å²) in [6.45, 7) is 3.37. The summed E-state index contributed by atoms with van der Waals surface area (Å²) in [5.74, 6) is 1.55. The molecule has 0 bridgehead atoms. The van der Waals surface area contributed by atoms with Crippen molar-refractivity contribution in [3.63, 3.8) is 0 Å². The van der Waals surface area contributed by atoms with Crippen LogP contribution in [0.15, 0.2) is 18.2 Å². The number of benzene rings is 1. The molecule has 0 unspecified atom stereocenters. The fourth-order valence-corrected chi connectivity index (χ4v) is 4.24. The fourth-order valence-electron chi connectivity index (χ4n) is 4.03. The van der Waals surface area contributed by atoms with Crippen LogP contribution in [0.25, 0.3) is 0 Å². The van der Waals surface area contributed by atoms with Crippen molar-refractivity contribution < 1.29 is 0 Å². The van der Waals surface area contributed by atoms with Gasteiger partial charge in [0.05, 0.1) is 0 Å². The van der Waals surface area contributed by atoms with Gasteiger partial charge in [0, 0.05) is 24.2 Å². The second-order valence-electron chi connectivity index (χ2n) is 6.21. The Labute approximate surface area is 121 Å². The predicted molar refractivity (Wildman–Crippen MR) is 83.1 cm³/mol. The van der Waals surface area contributed by atoms with Crippen molar-refractivity contribution in [3.8, 4) is 0 Å². The Morgan fingerprint density at radius 2 is 1.95 bits per heavy atom. The molecule has 2 heteroatoms. The third-order valence-corrected chi connectivity index (χ3v) is 5.22. The lowest BCUT2D eigenvalue weighted by Crippen LogP contribution is -2.47. The number of hydrogen-bond donors (Lipinski definition) is 0. The Hall–Kier alpha value is -0.690.